The maximum atomic E-state index is 11.0. The van der Waals surface area contributed by atoms with E-state index in [0.29, 0.717) is 24.0 Å². The summed E-state index contributed by atoms with van der Waals surface area (Å²) in [7, 11) is 0. The normalized spacial score (nSPS) is 16.5. The van der Waals surface area contributed by atoms with Gasteiger partial charge < -0.3 is 16.8 Å². The van der Waals surface area contributed by atoms with Crippen LogP contribution in [0, 0.1) is 5.92 Å². The molecule has 0 spiro atoms. The number of primary amides is 1. The fourth-order valence-electron chi connectivity index (χ4n) is 1.36. The fourth-order valence-corrected chi connectivity index (χ4v) is 2.17. The number of carbonyl (C=O) groups is 1. The Morgan fingerprint density at radius 2 is 1.76 bits per heavy atom. The SMILES string of the molecule is NC(=O)[C@@H](CS)NC[C@@H](CS)CC[C@H](N)CS. The number of thiol groups is 3. The molecule has 0 aliphatic rings. The van der Waals surface area contributed by atoms with Gasteiger partial charge in [0.15, 0.2) is 0 Å². The van der Waals surface area contributed by atoms with Crippen LogP contribution in [0.15, 0.2) is 0 Å². The van der Waals surface area contributed by atoms with Gasteiger partial charge in [0.25, 0.3) is 0 Å². The van der Waals surface area contributed by atoms with Crippen LogP contribution in [0.3, 0.4) is 0 Å². The molecule has 0 aromatic heterocycles. The molecule has 0 rings (SSSR count). The zero-order chi connectivity index (χ0) is 13.3. The Bertz CT molecular complexity index is 219. The van der Waals surface area contributed by atoms with Crippen molar-refractivity contribution in [2.24, 2.45) is 17.4 Å². The van der Waals surface area contributed by atoms with E-state index in [2.05, 4.69) is 43.2 Å². The van der Waals surface area contributed by atoms with Crippen LogP contribution in [0.5, 0.6) is 0 Å². The van der Waals surface area contributed by atoms with E-state index >= 15 is 0 Å². The molecule has 0 aliphatic heterocycles. The Morgan fingerprint density at radius 1 is 1.12 bits per heavy atom. The van der Waals surface area contributed by atoms with Crippen molar-refractivity contribution >= 4 is 43.8 Å². The molecule has 0 saturated carbocycles. The molecule has 0 radical (unpaired) electrons. The van der Waals surface area contributed by atoms with Crippen LogP contribution in [0.2, 0.25) is 0 Å². The third kappa shape index (κ3) is 8.20. The molecule has 7 heteroatoms. The van der Waals surface area contributed by atoms with Crippen LogP contribution in [-0.2, 0) is 4.79 Å². The molecular formula is C10H23N3OS3. The Hall–Kier alpha value is 0.440. The predicted octanol–water partition coefficient (Wildman–Crippen LogP) is -0.0570. The number of nitrogens with two attached hydrogens (primary N) is 2. The molecule has 0 aromatic rings. The summed E-state index contributed by atoms with van der Waals surface area (Å²) in [5, 5.41) is 3.10. The van der Waals surface area contributed by atoms with Gasteiger partial charge in [0.1, 0.15) is 0 Å². The molecular weight excluding hydrogens is 274 g/mol. The van der Waals surface area contributed by atoms with Crippen LogP contribution in [-0.4, -0.2) is 41.8 Å². The first-order chi connectivity index (χ1) is 8.04. The zero-order valence-electron chi connectivity index (χ0n) is 9.88. The molecule has 0 aromatic carbocycles. The fraction of sp³-hybridized carbons (Fsp3) is 0.900. The van der Waals surface area contributed by atoms with E-state index < -0.39 is 0 Å². The van der Waals surface area contributed by atoms with E-state index in [9.17, 15) is 4.79 Å². The molecule has 102 valence electrons. The van der Waals surface area contributed by atoms with Crippen molar-refractivity contribution < 1.29 is 4.79 Å². The lowest BCUT2D eigenvalue weighted by atomic mass is 10.0. The predicted molar refractivity (Wildman–Crippen MR) is 83.2 cm³/mol. The molecule has 0 heterocycles. The first-order valence-electron chi connectivity index (χ1n) is 5.66. The van der Waals surface area contributed by atoms with Gasteiger partial charge in [-0.3, -0.25) is 4.79 Å². The average molecular weight is 298 g/mol. The number of carbonyl (C=O) groups excluding carboxylic acids is 1. The largest absolute Gasteiger partial charge is 0.368 e. The molecule has 4 nitrogen and oxygen atoms in total. The van der Waals surface area contributed by atoms with Crippen LogP contribution in [0.1, 0.15) is 12.8 Å². The number of hydrogen-bond donors (Lipinski definition) is 6. The van der Waals surface area contributed by atoms with Gasteiger partial charge in [0, 0.05) is 17.5 Å². The third-order valence-electron chi connectivity index (χ3n) is 2.62. The summed E-state index contributed by atoms with van der Waals surface area (Å²) in [5.41, 5.74) is 11.0. The smallest absolute Gasteiger partial charge is 0.235 e. The molecule has 17 heavy (non-hydrogen) atoms. The highest BCUT2D eigenvalue weighted by molar-refractivity contribution is 7.80. The summed E-state index contributed by atoms with van der Waals surface area (Å²) in [4.78, 5) is 11.0. The van der Waals surface area contributed by atoms with Crippen molar-refractivity contribution in [3.63, 3.8) is 0 Å². The minimum absolute atomic E-state index is 0.123. The Kier molecular flexibility index (Phi) is 10.6. The standard InChI is InChI=1S/C10H23N3OS3/c11-8(5-16)2-1-7(4-15)3-13-9(6-17)10(12)14/h7-9,13,15-17H,1-6,11H2,(H2,12,14)/t7-,8-,9+/m0/s1. The summed E-state index contributed by atoms with van der Waals surface area (Å²) in [6, 6.07) is -0.253. The first kappa shape index (κ1) is 17.4. The van der Waals surface area contributed by atoms with Gasteiger partial charge in [-0.2, -0.15) is 37.9 Å². The zero-order valence-corrected chi connectivity index (χ0v) is 12.6. The maximum absolute atomic E-state index is 11.0. The number of amides is 1. The molecule has 3 atom stereocenters. The molecule has 0 saturated heterocycles. The topological polar surface area (TPSA) is 81.1 Å². The molecule has 1 amide bonds. The van der Waals surface area contributed by atoms with E-state index in [1.54, 1.807) is 0 Å². The van der Waals surface area contributed by atoms with E-state index in [-0.39, 0.29) is 18.0 Å². The number of hydrogen-bond acceptors (Lipinski definition) is 6. The second-order valence-electron chi connectivity index (χ2n) is 4.11. The Morgan fingerprint density at radius 3 is 2.18 bits per heavy atom. The van der Waals surface area contributed by atoms with Crippen molar-refractivity contribution in [3.05, 3.63) is 0 Å². The molecule has 0 unspecified atom stereocenters. The quantitative estimate of drug-likeness (QED) is 0.320. The van der Waals surface area contributed by atoms with E-state index in [1.807, 2.05) is 0 Å². The lowest BCUT2D eigenvalue weighted by Crippen LogP contribution is -2.45. The van der Waals surface area contributed by atoms with Crippen molar-refractivity contribution in [1.29, 1.82) is 0 Å². The number of rotatable bonds is 10. The van der Waals surface area contributed by atoms with Crippen molar-refractivity contribution in [2.45, 2.75) is 24.9 Å². The first-order valence-corrected chi connectivity index (χ1v) is 7.55. The summed E-state index contributed by atoms with van der Waals surface area (Å²) in [6.07, 6.45) is 1.88. The minimum Gasteiger partial charge on any atom is -0.368 e. The third-order valence-corrected chi connectivity index (χ3v) is 3.97. The summed E-state index contributed by atoms with van der Waals surface area (Å²) < 4.78 is 0. The second kappa shape index (κ2) is 10.4. The van der Waals surface area contributed by atoms with Gasteiger partial charge in [0.2, 0.25) is 5.91 Å². The highest BCUT2D eigenvalue weighted by atomic mass is 32.1. The van der Waals surface area contributed by atoms with Crippen LogP contribution in [0.4, 0.5) is 0 Å². The lowest BCUT2D eigenvalue weighted by Gasteiger charge is -2.20. The van der Waals surface area contributed by atoms with Gasteiger partial charge >= 0.3 is 0 Å². The summed E-state index contributed by atoms with van der Waals surface area (Å²) in [6.45, 7) is 0.705. The Labute approximate surface area is 120 Å². The maximum Gasteiger partial charge on any atom is 0.235 e. The van der Waals surface area contributed by atoms with Crippen molar-refractivity contribution in [3.8, 4) is 0 Å². The highest BCUT2D eigenvalue weighted by Gasteiger charge is 2.15. The highest BCUT2D eigenvalue weighted by Crippen LogP contribution is 2.10. The molecule has 0 bridgehead atoms. The molecule has 0 fully saturated rings. The van der Waals surface area contributed by atoms with Gasteiger partial charge in [-0.25, -0.2) is 0 Å². The van der Waals surface area contributed by atoms with Gasteiger partial charge in [-0.15, -0.1) is 0 Å². The Balaban J connectivity index is 3.92. The summed E-state index contributed by atoms with van der Waals surface area (Å²) >= 11 is 12.5. The summed E-state index contributed by atoms with van der Waals surface area (Å²) in [5.74, 6) is 1.86. The minimum atomic E-state index is -0.376. The van der Waals surface area contributed by atoms with E-state index in [0.717, 1.165) is 18.6 Å². The van der Waals surface area contributed by atoms with Crippen LogP contribution >= 0.6 is 37.9 Å². The van der Waals surface area contributed by atoms with E-state index in [1.165, 1.54) is 0 Å². The van der Waals surface area contributed by atoms with Crippen LogP contribution < -0.4 is 16.8 Å². The van der Waals surface area contributed by atoms with Crippen molar-refractivity contribution in [2.75, 3.05) is 23.8 Å². The lowest BCUT2D eigenvalue weighted by molar-refractivity contribution is -0.119. The monoisotopic (exact) mass is 297 g/mol. The molecule has 5 N–H and O–H groups in total. The van der Waals surface area contributed by atoms with Gasteiger partial charge in [0.05, 0.1) is 6.04 Å². The average Bonchev–Trinajstić information content (AvgIpc) is 2.32. The van der Waals surface area contributed by atoms with Crippen LogP contribution in [0.25, 0.3) is 0 Å². The molecule has 0 aliphatic carbocycles. The van der Waals surface area contributed by atoms with Gasteiger partial charge in [-0.1, -0.05) is 0 Å². The number of nitrogens with one attached hydrogen (secondary N) is 1. The van der Waals surface area contributed by atoms with E-state index in [4.69, 9.17) is 11.5 Å². The van der Waals surface area contributed by atoms with Crippen molar-refractivity contribution in [1.82, 2.24) is 5.32 Å². The van der Waals surface area contributed by atoms with Gasteiger partial charge in [-0.05, 0) is 31.1 Å². The second-order valence-corrected chi connectivity index (χ2v) is 5.21.